The van der Waals surface area contributed by atoms with Gasteiger partial charge >= 0.3 is 0 Å². The van der Waals surface area contributed by atoms with Crippen LogP contribution in [0, 0.1) is 0 Å². The molecule has 1 fully saturated rings. The summed E-state index contributed by atoms with van der Waals surface area (Å²) < 4.78 is 0. The zero-order valence-electron chi connectivity index (χ0n) is 14.9. The maximum Gasteiger partial charge on any atom is 0.263 e. The van der Waals surface area contributed by atoms with Crippen LogP contribution in [0.2, 0.25) is 0 Å². The summed E-state index contributed by atoms with van der Waals surface area (Å²) in [4.78, 5) is 27.0. The van der Waals surface area contributed by atoms with Gasteiger partial charge in [-0.05, 0) is 41.6 Å². The molecule has 1 saturated heterocycles. The topological polar surface area (TPSA) is 49.3 Å². The highest BCUT2D eigenvalue weighted by Crippen LogP contribution is 2.45. The van der Waals surface area contributed by atoms with Crippen molar-refractivity contribution >= 4 is 22.9 Å². The largest absolute Gasteiger partial charge is 0.365 e. The molecule has 0 radical (unpaired) electrons. The highest BCUT2D eigenvalue weighted by molar-refractivity contribution is 7.12. The predicted octanol–water partition coefficient (Wildman–Crippen LogP) is 3.34. The number of aromatic nitrogens is 2. The number of rotatable bonds is 3. The van der Waals surface area contributed by atoms with Crippen LogP contribution in [0.1, 0.15) is 27.3 Å². The van der Waals surface area contributed by atoms with E-state index in [0.29, 0.717) is 0 Å². The third-order valence-electron chi connectivity index (χ3n) is 5.59. The molecular weight excluding hydrogens is 356 g/mol. The van der Waals surface area contributed by atoms with Crippen LogP contribution < -0.4 is 4.90 Å². The molecule has 5 rings (SSSR count). The van der Waals surface area contributed by atoms with Crippen molar-refractivity contribution < 1.29 is 4.79 Å². The van der Waals surface area contributed by atoms with Crippen LogP contribution in [0.25, 0.3) is 0 Å². The van der Waals surface area contributed by atoms with Crippen molar-refractivity contribution in [2.24, 2.45) is 0 Å². The average Bonchev–Trinajstić information content (AvgIpc) is 3.44. The summed E-state index contributed by atoms with van der Waals surface area (Å²) in [5.74, 6) is 0.144. The Kier molecular flexibility index (Phi) is 3.93. The predicted molar refractivity (Wildman–Crippen MR) is 106 cm³/mol. The lowest BCUT2D eigenvalue weighted by Crippen LogP contribution is -2.38. The third kappa shape index (κ3) is 2.80. The summed E-state index contributed by atoms with van der Waals surface area (Å²) in [6, 6.07) is 12.1. The number of thiophene rings is 1. The summed E-state index contributed by atoms with van der Waals surface area (Å²) in [6.07, 6.45) is 6.55. The van der Waals surface area contributed by atoms with Gasteiger partial charge in [0.2, 0.25) is 0 Å². The van der Waals surface area contributed by atoms with Gasteiger partial charge in [-0.3, -0.25) is 14.8 Å². The number of nitrogens with zero attached hydrogens (tertiary/aromatic N) is 4. The van der Waals surface area contributed by atoms with Gasteiger partial charge in [0.15, 0.2) is 0 Å². The van der Waals surface area contributed by atoms with Crippen LogP contribution >= 0.6 is 11.3 Å². The molecule has 3 aromatic rings. The zero-order chi connectivity index (χ0) is 18.3. The standard InChI is InChI=1S/C21H20N4OS/c26-20(18-6-3-11-27-18)24-10-7-21(14-24)15-25(13-16-4-1-8-22-12-16)17-5-2-9-23-19(17)21/h1-6,8-9,11-12H,7,10,13-15H2/t21-/m1/s1. The first-order chi connectivity index (χ1) is 13.3. The van der Waals surface area contributed by atoms with E-state index in [1.807, 2.05) is 46.9 Å². The van der Waals surface area contributed by atoms with E-state index in [2.05, 4.69) is 22.0 Å². The Morgan fingerprint density at radius 1 is 1.15 bits per heavy atom. The van der Waals surface area contributed by atoms with E-state index in [1.165, 1.54) is 22.6 Å². The van der Waals surface area contributed by atoms with Crippen molar-refractivity contribution in [3.05, 3.63) is 76.5 Å². The molecule has 1 spiro atoms. The van der Waals surface area contributed by atoms with Crippen molar-refractivity contribution in [1.82, 2.24) is 14.9 Å². The summed E-state index contributed by atoms with van der Waals surface area (Å²) in [5, 5.41) is 1.96. The molecule has 2 aliphatic rings. The Hall–Kier alpha value is -2.73. The summed E-state index contributed by atoms with van der Waals surface area (Å²) in [5.41, 5.74) is 3.43. The second-order valence-electron chi connectivity index (χ2n) is 7.32. The molecule has 0 unspecified atom stereocenters. The van der Waals surface area contributed by atoms with Crippen molar-refractivity contribution in [2.45, 2.75) is 18.4 Å². The SMILES string of the molecule is O=C(c1cccs1)N1CC[C@@]2(C1)CN(Cc1cccnc1)c1cccnc12. The highest BCUT2D eigenvalue weighted by atomic mass is 32.1. The number of carbonyl (C=O) groups excluding carboxylic acids is 1. The monoisotopic (exact) mass is 376 g/mol. The van der Waals surface area contributed by atoms with Gasteiger partial charge in [-0.25, -0.2) is 0 Å². The number of hydrogen-bond donors (Lipinski definition) is 0. The third-order valence-corrected chi connectivity index (χ3v) is 6.45. The number of hydrogen-bond acceptors (Lipinski definition) is 5. The molecule has 0 aliphatic carbocycles. The molecule has 2 aliphatic heterocycles. The lowest BCUT2D eigenvalue weighted by Gasteiger charge is -2.25. The number of likely N-dealkylation sites (tertiary alicyclic amines) is 1. The fourth-order valence-corrected chi connectivity index (χ4v) is 5.05. The molecule has 3 aromatic heterocycles. The van der Waals surface area contributed by atoms with E-state index in [-0.39, 0.29) is 11.3 Å². The molecule has 1 amide bonds. The Morgan fingerprint density at radius 3 is 2.89 bits per heavy atom. The lowest BCUT2D eigenvalue weighted by atomic mass is 9.85. The lowest BCUT2D eigenvalue weighted by molar-refractivity contribution is 0.0789. The van der Waals surface area contributed by atoms with E-state index in [1.54, 1.807) is 6.20 Å². The molecule has 27 heavy (non-hydrogen) atoms. The van der Waals surface area contributed by atoms with Gasteiger partial charge in [-0.2, -0.15) is 0 Å². The van der Waals surface area contributed by atoms with E-state index in [4.69, 9.17) is 4.98 Å². The average molecular weight is 376 g/mol. The molecule has 0 saturated carbocycles. The van der Waals surface area contributed by atoms with E-state index >= 15 is 0 Å². The molecule has 5 nitrogen and oxygen atoms in total. The first kappa shape index (κ1) is 16.4. The van der Waals surface area contributed by atoms with Crippen molar-refractivity contribution in [2.75, 3.05) is 24.5 Å². The van der Waals surface area contributed by atoms with E-state index < -0.39 is 0 Å². The highest BCUT2D eigenvalue weighted by Gasteiger charge is 2.49. The van der Waals surface area contributed by atoms with Crippen molar-refractivity contribution in [3.8, 4) is 0 Å². The molecule has 5 heterocycles. The van der Waals surface area contributed by atoms with Gasteiger partial charge in [0.25, 0.3) is 5.91 Å². The van der Waals surface area contributed by atoms with Crippen LogP contribution in [0.5, 0.6) is 0 Å². The van der Waals surface area contributed by atoms with Gasteiger partial charge in [0.1, 0.15) is 0 Å². The molecule has 6 heteroatoms. The van der Waals surface area contributed by atoms with Crippen LogP contribution in [0.4, 0.5) is 5.69 Å². The second kappa shape index (κ2) is 6.46. The van der Waals surface area contributed by atoms with Crippen molar-refractivity contribution in [1.29, 1.82) is 0 Å². The number of anilines is 1. The first-order valence-electron chi connectivity index (χ1n) is 9.17. The van der Waals surface area contributed by atoms with E-state index in [0.717, 1.165) is 43.2 Å². The van der Waals surface area contributed by atoms with Crippen LogP contribution in [0.15, 0.2) is 60.4 Å². The minimum Gasteiger partial charge on any atom is -0.365 e. The number of carbonyl (C=O) groups is 1. The molecule has 0 bridgehead atoms. The van der Waals surface area contributed by atoms with Gasteiger partial charge in [-0.1, -0.05) is 12.1 Å². The molecule has 136 valence electrons. The molecule has 0 N–H and O–H groups in total. The Bertz CT molecular complexity index is 959. The number of amides is 1. The Labute approximate surface area is 162 Å². The second-order valence-corrected chi connectivity index (χ2v) is 8.27. The summed E-state index contributed by atoms with van der Waals surface area (Å²) >= 11 is 1.51. The zero-order valence-corrected chi connectivity index (χ0v) is 15.7. The fraction of sp³-hybridized carbons (Fsp3) is 0.286. The number of pyridine rings is 2. The molecule has 0 aromatic carbocycles. The van der Waals surface area contributed by atoms with E-state index in [9.17, 15) is 4.79 Å². The normalized spacial score (nSPS) is 21.0. The van der Waals surface area contributed by atoms with Gasteiger partial charge in [-0.15, -0.1) is 11.3 Å². The van der Waals surface area contributed by atoms with Crippen LogP contribution in [-0.2, 0) is 12.0 Å². The van der Waals surface area contributed by atoms with Crippen molar-refractivity contribution in [3.63, 3.8) is 0 Å². The Morgan fingerprint density at radius 2 is 2.07 bits per heavy atom. The maximum absolute atomic E-state index is 12.8. The minimum absolute atomic E-state index is 0.0777. The molecule has 1 atom stereocenters. The first-order valence-corrected chi connectivity index (χ1v) is 10.1. The van der Waals surface area contributed by atoms with Gasteiger partial charge in [0.05, 0.1) is 21.7 Å². The number of fused-ring (bicyclic) bond motifs is 2. The smallest absolute Gasteiger partial charge is 0.263 e. The summed E-state index contributed by atoms with van der Waals surface area (Å²) in [6.45, 7) is 3.22. The van der Waals surface area contributed by atoms with Crippen LogP contribution in [-0.4, -0.2) is 40.4 Å². The Balaban J connectivity index is 1.43. The minimum atomic E-state index is -0.0777. The molecular formula is C21H20N4OS. The quantitative estimate of drug-likeness (QED) is 0.703. The summed E-state index contributed by atoms with van der Waals surface area (Å²) in [7, 11) is 0. The van der Waals surface area contributed by atoms with Gasteiger partial charge < -0.3 is 9.80 Å². The maximum atomic E-state index is 12.8. The van der Waals surface area contributed by atoms with Gasteiger partial charge in [0, 0.05) is 44.8 Å². The fourth-order valence-electron chi connectivity index (χ4n) is 4.36. The van der Waals surface area contributed by atoms with Crippen LogP contribution in [0.3, 0.4) is 0 Å².